The standard InChI is InChI=1S/C17H26N2O2/c1-3-14-12-19(15(4-2)10-18-14)11-13-5-6-16-17(9-13)21-8-7-20-16/h5-6,9,14-15,18H,3-4,7-8,10-12H2,1-2H3. The molecule has 1 aromatic rings. The maximum atomic E-state index is 5.69. The van der Waals surface area contributed by atoms with Crippen LogP contribution in [0.4, 0.5) is 0 Å². The molecule has 0 aromatic heterocycles. The molecule has 2 heterocycles. The maximum Gasteiger partial charge on any atom is 0.161 e. The van der Waals surface area contributed by atoms with Crippen molar-refractivity contribution in [1.82, 2.24) is 10.2 Å². The molecule has 3 rings (SSSR count). The van der Waals surface area contributed by atoms with E-state index in [9.17, 15) is 0 Å². The topological polar surface area (TPSA) is 33.7 Å². The number of benzene rings is 1. The first-order chi connectivity index (χ1) is 10.3. The summed E-state index contributed by atoms with van der Waals surface area (Å²) >= 11 is 0. The van der Waals surface area contributed by atoms with E-state index in [0.29, 0.717) is 25.3 Å². The molecule has 116 valence electrons. The molecule has 1 aromatic carbocycles. The lowest BCUT2D eigenvalue weighted by Gasteiger charge is -2.40. The lowest BCUT2D eigenvalue weighted by atomic mass is 10.0. The van der Waals surface area contributed by atoms with Crippen molar-refractivity contribution in [3.8, 4) is 11.5 Å². The van der Waals surface area contributed by atoms with Crippen molar-refractivity contribution in [3.63, 3.8) is 0 Å². The summed E-state index contributed by atoms with van der Waals surface area (Å²) < 4.78 is 11.3. The highest BCUT2D eigenvalue weighted by molar-refractivity contribution is 5.43. The van der Waals surface area contributed by atoms with E-state index < -0.39 is 0 Å². The Kier molecular flexibility index (Phi) is 4.66. The van der Waals surface area contributed by atoms with Crippen LogP contribution in [0.5, 0.6) is 11.5 Å². The summed E-state index contributed by atoms with van der Waals surface area (Å²) in [5.74, 6) is 1.78. The zero-order chi connectivity index (χ0) is 14.7. The second-order valence-electron chi connectivity index (χ2n) is 5.98. The fourth-order valence-corrected chi connectivity index (χ4v) is 3.22. The minimum absolute atomic E-state index is 0.616. The minimum atomic E-state index is 0.616. The average Bonchev–Trinajstić information content (AvgIpc) is 2.54. The molecule has 0 aliphatic carbocycles. The quantitative estimate of drug-likeness (QED) is 0.923. The third-order valence-electron chi connectivity index (χ3n) is 4.57. The molecule has 1 saturated heterocycles. The van der Waals surface area contributed by atoms with Crippen LogP contribution in [0.3, 0.4) is 0 Å². The van der Waals surface area contributed by atoms with E-state index in [1.54, 1.807) is 0 Å². The van der Waals surface area contributed by atoms with Gasteiger partial charge in [0.15, 0.2) is 11.5 Å². The molecule has 2 atom stereocenters. The number of hydrogen-bond donors (Lipinski definition) is 1. The zero-order valence-corrected chi connectivity index (χ0v) is 13.1. The maximum absolute atomic E-state index is 5.69. The number of piperazine rings is 1. The Bertz CT molecular complexity index is 478. The first-order valence-corrected chi connectivity index (χ1v) is 8.16. The minimum Gasteiger partial charge on any atom is -0.486 e. The van der Waals surface area contributed by atoms with Gasteiger partial charge in [0.2, 0.25) is 0 Å². The smallest absolute Gasteiger partial charge is 0.161 e. The van der Waals surface area contributed by atoms with Gasteiger partial charge >= 0.3 is 0 Å². The molecule has 1 N–H and O–H groups in total. The first-order valence-electron chi connectivity index (χ1n) is 8.16. The Balaban J connectivity index is 1.71. The molecule has 4 heteroatoms. The molecule has 0 bridgehead atoms. The number of nitrogens with zero attached hydrogens (tertiary/aromatic N) is 1. The third kappa shape index (κ3) is 3.33. The summed E-state index contributed by atoms with van der Waals surface area (Å²) in [5, 5.41) is 3.65. The van der Waals surface area contributed by atoms with Gasteiger partial charge in [-0.1, -0.05) is 19.9 Å². The fourth-order valence-electron chi connectivity index (χ4n) is 3.22. The number of nitrogens with one attached hydrogen (secondary N) is 1. The third-order valence-corrected chi connectivity index (χ3v) is 4.57. The van der Waals surface area contributed by atoms with E-state index in [2.05, 4.69) is 36.2 Å². The van der Waals surface area contributed by atoms with Crippen molar-refractivity contribution in [2.45, 2.75) is 45.3 Å². The van der Waals surface area contributed by atoms with E-state index in [0.717, 1.165) is 31.1 Å². The van der Waals surface area contributed by atoms with Crippen molar-refractivity contribution >= 4 is 0 Å². The summed E-state index contributed by atoms with van der Waals surface area (Å²) in [7, 11) is 0. The van der Waals surface area contributed by atoms with E-state index in [1.807, 2.05) is 6.07 Å². The van der Waals surface area contributed by atoms with Crippen LogP contribution in [0.15, 0.2) is 18.2 Å². The molecule has 0 saturated carbocycles. The van der Waals surface area contributed by atoms with E-state index in [4.69, 9.17) is 9.47 Å². The first kappa shape index (κ1) is 14.7. The lowest BCUT2D eigenvalue weighted by Crippen LogP contribution is -2.55. The van der Waals surface area contributed by atoms with Crippen LogP contribution >= 0.6 is 0 Å². The molecule has 2 aliphatic heterocycles. The van der Waals surface area contributed by atoms with Gasteiger partial charge in [0.05, 0.1) is 0 Å². The van der Waals surface area contributed by atoms with Crippen LogP contribution in [0, 0.1) is 0 Å². The van der Waals surface area contributed by atoms with Gasteiger partial charge in [-0.2, -0.15) is 0 Å². The molecule has 0 spiro atoms. The van der Waals surface area contributed by atoms with Crippen LogP contribution in [-0.2, 0) is 6.54 Å². The number of ether oxygens (including phenoxy) is 2. The molecular formula is C17H26N2O2. The van der Waals surface area contributed by atoms with Crippen molar-refractivity contribution in [2.24, 2.45) is 0 Å². The lowest BCUT2D eigenvalue weighted by molar-refractivity contribution is 0.117. The van der Waals surface area contributed by atoms with Crippen LogP contribution < -0.4 is 14.8 Å². The van der Waals surface area contributed by atoms with Gasteiger partial charge in [0.25, 0.3) is 0 Å². The van der Waals surface area contributed by atoms with Crippen LogP contribution in [0.1, 0.15) is 32.3 Å². The molecular weight excluding hydrogens is 264 g/mol. The Hall–Kier alpha value is -1.26. The molecule has 0 radical (unpaired) electrons. The zero-order valence-electron chi connectivity index (χ0n) is 13.1. The molecule has 0 amide bonds. The second-order valence-corrected chi connectivity index (χ2v) is 5.98. The van der Waals surface area contributed by atoms with Crippen LogP contribution in [-0.4, -0.2) is 43.3 Å². The second kappa shape index (κ2) is 6.67. The largest absolute Gasteiger partial charge is 0.486 e. The van der Waals surface area contributed by atoms with E-state index in [1.165, 1.54) is 18.4 Å². The Morgan fingerprint density at radius 1 is 1.14 bits per heavy atom. The van der Waals surface area contributed by atoms with Crippen LogP contribution in [0.25, 0.3) is 0 Å². The molecule has 4 nitrogen and oxygen atoms in total. The highest BCUT2D eigenvalue weighted by Gasteiger charge is 2.26. The number of hydrogen-bond acceptors (Lipinski definition) is 4. The summed E-state index contributed by atoms with van der Waals surface area (Å²) in [4.78, 5) is 2.61. The highest BCUT2D eigenvalue weighted by Crippen LogP contribution is 2.31. The van der Waals surface area contributed by atoms with Gasteiger partial charge in [-0.05, 0) is 30.5 Å². The molecule has 2 aliphatic rings. The normalized spacial score (nSPS) is 25.8. The van der Waals surface area contributed by atoms with Gasteiger partial charge in [-0.3, -0.25) is 4.90 Å². The van der Waals surface area contributed by atoms with Crippen molar-refractivity contribution in [2.75, 3.05) is 26.3 Å². The van der Waals surface area contributed by atoms with Crippen molar-refractivity contribution in [3.05, 3.63) is 23.8 Å². The Morgan fingerprint density at radius 2 is 1.95 bits per heavy atom. The molecule has 21 heavy (non-hydrogen) atoms. The van der Waals surface area contributed by atoms with E-state index >= 15 is 0 Å². The van der Waals surface area contributed by atoms with E-state index in [-0.39, 0.29) is 0 Å². The molecule has 1 fully saturated rings. The summed E-state index contributed by atoms with van der Waals surface area (Å²) in [6.07, 6.45) is 2.38. The SMILES string of the molecule is CCC1CN(Cc2ccc3c(c2)OCCO3)C(CC)CN1. The van der Waals surface area contributed by atoms with Gasteiger partial charge in [0, 0.05) is 31.7 Å². The van der Waals surface area contributed by atoms with Crippen LogP contribution in [0.2, 0.25) is 0 Å². The number of rotatable bonds is 4. The van der Waals surface area contributed by atoms with Crippen molar-refractivity contribution in [1.29, 1.82) is 0 Å². The Labute approximate surface area is 127 Å². The predicted molar refractivity (Wildman–Crippen MR) is 84.0 cm³/mol. The van der Waals surface area contributed by atoms with Gasteiger partial charge in [-0.25, -0.2) is 0 Å². The average molecular weight is 290 g/mol. The fraction of sp³-hybridized carbons (Fsp3) is 0.647. The summed E-state index contributed by atoms with van der Waals surface area (Å²) in [6, 6.07) is 7.60. The number of fused-ring (bicyclic) bond motifs is 1. The monoisotopic (exact) mass is 290 g/mol. The van der Waals surface area contributed by atoms with Gasteiger partial charge in [0.1, 0.15) is 13.2 Å². The Morgan fingerprint density at radius 3 is 2.71 bits per heavy atom. The van der Waals surface area contributed by atoms with Gasteiger partial charge in [-0.15, -0.1) is 0 Å². The predicted octanol–water partition coefficient (Wildman–Crippen LogP) is 2.42. The molecule has 2 unspecified atom stereocenters. The van der Waals surface area contributed by atoms with Gasteiger partial charge < -0.3 is 14.8 Å². The summed E-state index contributed by atoms with van der Waals surface area (Å²) in [6.45, 7) is 9.05. The van der Waals surface area contributed by atoms with Crippen molar-refractivity contribution < 1.29 is 9.47 Å². The summed E-state index contributed by atoms with van der Waals surface area (Å²) in [5.41, 5.74) is 1.31. The highest BCUT2D eigenvalue weighted by atomic mass is 16.6.